The molecule has 13 heteroatoms. The van der Waals surface area contributed by atoms with Crippen LogP contribution in [0.4, 0.5) is 5.13 Å². The molecule has 1 aliphatic carbocycles. The molecule has 2 unspecified atom stereocenters. The lowest BCUT2D eigenvalue weighted by molar-refractivity contribution is 0.0981. The number of benzene rings is 2. The molecule has 0 radical (unpaired) electrons. The molecular weight excluding hydrogens is 641 g/mol. The zero-order chi connectivity index (χ0) is 30.7. The third kappa shape index (κ3) is 5.62. The van der Waals surface area contributed by atoms with Crippen LogP contribution in [0.15, 0.2) is 40.9 Å². The highest BCUT2D eigenvalue weighted by Crippen LogP contribution is 2.46. The van der Waals surface area contributed by atoms with Gasteiger partial charge in [-0.25, -0.2) is 18.1 Å². The van der Waals surface area contributed by atoms with Gasteiger partial charge >= 0.3 is 0 Å². The normalized spacial score (nSPS) is 21.8. The van der Waals surface area contributed by atoms with Crippen molar-refractivity contribution in [2.75, 3.05) is 4.90 Å². The van der Waals surface area contributed by atoms with Gasteiger partial charge in [0.05, 0.1) is 25.5 Å². The van der Waals surface area contributed by atoms with E-state index in [2.05, 4.69) is 20.1 Å². The number of rotatable bonds is 9. The topological polar surface area (TPSA) is 117 Å². The maximum Gasteiger partial charge on any atom is 0.264 e. The summed E-state index contributed by atoms with van der Waals surface area (Å²) in [6.45, 7) is 3.71. The van der Waals surface area contributed by atoms with Gasteiger partial charge in [-0.3, -0.25) is 4.79 Å². The van der Waals surface area contributed by atoms with Crippen molar-refractivity contribution in [2.45, 2.75) is 88.2 Å². The summed E-state index contributed by atoms with van der Waals surface area (Å²) in [4.78, 5) is 20.0. The van der Waals surface area contributed by atoms with Gasteiger partial charge in [0.1, 0.15) is 11.5 Å². The molecule has 1 saturated carbocycles. The summed E-state index contributed by atoms with van der Waals surface area (Å²) >= 11 is 14.7. The SMILES string of the molecule is CC(C)S(=O)(=O)NC(=O)c1ccc2nc(N3C4CCC3CC(NCc3c(-c5c(Cl)cccc5Cl)noc3C3CC3)C4)sc2c1. The third-order valence-corrected chi connectivity index (χ3v) is 12.4. The molecule has 4 aromatic rings. The minimum absolute atomic E-state index is 0.305. The number of carbonyl (C=O) groups excluding carboxylic acids is 1. The average Bonchev–Trinajstić information content (AvgIpc) is 3.51. The number of fused-ring (bicyclic) bond motifs is 3. The lowest BCUT2D eigenvalue weighted by atomic mass is 9.97. The molecule has 3 fully saturated rings. The number of aromatic nitrogens is 2. The molecule has 2 aromatic heterocycles. The lowest BCUT2D eigenvalue weighted by Crippen LogP contribution is -2.49. The molecule has 232 valence electrons. The molecular formula is C31H33Cl2N5O4S2. The Morgan fingerprint density at radius 3 is 2.45 bits per heavy atom. The number of nitrogens with one attached hydrogen (secondary N) is 2. The van der Waals surface area contributed by atoms with E-state index in [4.69, 9.17) is 32.7 Å². The van der Waals surface area contributed by atoms with E-state index in [1.807, 2.05) is 18.2 Å². The largest absolute Gasteiger partial charge is 0.360 e. The number of hydrogen-bond donors (Lipinski definition) is 2. The summed E-state index contributed by atoms with van der Waals surface area (Å²) in [5.41, 5.74) is 3.60. The number of sulfonamides is 1. The van der Waals surface area contributed by atoms with Crippen LogP contribution in [0, 0.1) is 0 Å². The first-order valence-electron chi connectivity index (χ1n) is 15.0. The quantitative estimate of drug-likeness (QED) is 0.197. The van der Waals surface area contributed by atoms with Crippen molar-refractivity contribution in [3.8, 4) is 11.3 Å². The van der Waals surface area contributed by atoms with Gasteiger partial charge in [-0.1, -0.05) is 45.8 Å². The van der Waals surface area contributed by atoms with Gasteiger partial charge in [0.25, 0.3) is 5.91 Å². The molecule has 1 amide bonds. The van der Waals surface area contributed by atoms with E-state index in [1.54, 1.807) is 29.5 Å². The number of carbonyl (C=O) groups is 1. The Morgan fingerprint density at radius 1 is 1.09 bits per heavy atom. The summed E-state index contributed by atoms with van der Waals surface area (Å²) in [6, 6.07) is 11.7. The Hall–Kier alpha value is -2.70. The molecule has 2 saturated heterocycles. The first-order valence-corrected chi connectivity index (χ1v) is 18.1. The first-order chi connectivity index (χ1) is 21.1. The number of anilines is 1. The predicted octanol–water partition coefficient (Wildman–Crippen LogP) is 6.89. The van der Waals surface area contributed by atoms with E-state index in [-0.39, 0.29) is 0 Å². The van der Waals surface area contributed by atoms with Crippen LogP contribution in [0.2, 0.25) is 10.0 Å². The average molecular weight is 675 g/mol. The second-order valence-corrected chi connectivity index (χ2v) is 16.4. The number of halogens is 2. The van der Waals surface area contributed by atoms with Crippen molar-refractivity contribution in [2.24, 2.45) is 0 Å². The highest BCUT2D eigenvalue weighted by molar-refractivity contribution is 7.90. The Bertz CT molecular complexity index is 1820. The maximum absolute atomic E-state index is 12.7. The number of nitrogens with zero attached hydrogens (tertiary/aromatic N) is 3. The molecule has 7 rings (SSSR count). The first kappa shape index (κ1) is 30.0. The minimum Gasteiger partial charge on any atom is -0.360 e. The smallest absolute Gasteiger partial charge is 0.264 e. The number of hydrogen-bond acceptors (Lipinski definition) is 9. The van der Waals surface area contributed by atoms with E-state index in [0.29, 0.717) is 46.2 Å². The van der Waals surface area contributed by atoms with Crippen LogP contribution in [-0.4, -0.2) is 47.8 Å². The van der Waals surface area contributed by atoms with Crippen molar-refractivity contribution >= 4 is 65.8 Å². The second kappa shape index (κ2) is 11.6. The van der Waals surface area contributed by atoms with Crippen molar-refractivity contribution in [3.05, 3.63) is 63.3 Å². The number of piperidine rings is 1. The van der Waals surface area contributed by atoms with Crippen LogP contribution in [0.3, 0.4) is 0 Å². The van der Waals surface area contributed by atoms with E-state index >= 15 is 0 Å². The Labute approximate surface area is 270 Å². The van der Waals surface area contributed by atoms with Crippen LogP contribution in [0.25, 0.3) is 21.5 Å². The molecule has 0 spiro atoms. The van der Waals surface area contributed by atoms with E-state index in [1.165, 1.54) is 13.8 Å². The van der Waals surface area contributed by atoms with Gasteiger partial charge in [0.2, 0.25) is 10.0 Å². The van der Waals surface area contributed by atoms with E-state index in [9.17, 15) is 13.2 Å². The monoisotopic (exact) mass is 673 g/mol. The van der Waals surface area contributed by atoms with Gasteiger partial charge < -0.3 is 14.7 Å². The molecule has 2 N–H and O–H groups in total. The number of thiazole rings is 1. The van der Waals surface area contributed by atoms with Crippen molar-refractivity contribution in [1.29, 1.82) is 0 Å². The highest BCUT2D eigenvalue weighted by atomic mass is 35.5. The van der Waals surface area contributed by atoms with Crippen molar-refractivity contribution in [3.63, 3.8) is 0 Å². The lowest BCUT2D eigenvalue weighted by Gasteiger charge is -2.39. The Morgan fingerprint density at radius 2 is 1.80 bits per heavy atom. The molecule has 2 bridgehead atoms. The number of amides is 1. The molecule has 2 atom stereocenters. The molecule has 4 heterocycles. The van der Waals surface area contributed by atoms with Crippen LogP contribution >= 0.6 is 34.5 Å². The zero-order valence-corrected chi connectivity index (χ0v) is 27.5. The molecule has 3 aliphatic rings. The van der Waals surface area contributed by atoms with Crippen LogP contribution < -0.4 is 14.9 Å². The summed E-state index contributed by atoms with van der Waals surface area (Å²) < 4.78 is 33.3. The fourth-order valence-corrected chi connectivity index (χ4v) is 8.79. The third-order valence-electron chi connectivity index (χ3n) is 8.98. The van der Waals surface area contributed by atoms with Gasteiger partial charge in [-0.05, 0) is 82.7 Å². The Kier molecular flexibility index (Phi) is 7.89. The zero-order valence-electron chi connectivity index (χ0n) is 24.3. The van der Waals surface area contributed by atoms with E-state index in [0.717, 1.165) is 76.5 Å². The molecule has 9 nitrogen and oxygen atoms in total. The fraction of sp³-hybridized carbons (Fsp3) is 0.452. The van der Waals surface area contributed by atoms with Crippen LogP contribution in [0.1, 0.15) is 80.0 Å². The summed E-state index contributed by atoms with van der Waals surface area (Å²) in [7, 11) is -3.71. The van der Waals surface area contributed by atoms with Crippen LogP contribution in [0.5, 0.6) is 0 Å². The second-order valence-electron chi connectivity index (χ2n) is 12.3. The van der Waals surface area contributed by atoms with Gasteiger partial charge in [0, 0.05) is 47.3 Å². The predicted molar refractivity (Wildman–Crippen MR) is 174 cm³/mol. The highest BCUT2D eigenvalue weighted by Gasteiger charge is 2.42. The summed E-state index contributed by atoms with van der Waals surface area (Å²) in [5, 5.41) is 9.63. The molecule has 44 heavy (non-hydrogen) atoms. The fourth-order valence-electron chi connectivity index (χ4n) is 6.45. The van der Waals surface area contributed by atoms with E-state index < -0.39 is 21.2 Å². The summed E-state index contributed by atoms with van der Waals surface area (Å²) in [5.74, 6) is 0.714. The van der Waals surface area contributed by atoms with Crippen LogP contribution in [-0.2, 0) is 16.6 Å². The maximum atomic E-state index is 12.7. The summed E-state index contributed by atoms with van der Waals surface area (Å²) in [6.07, 6.45) is 6.37. The minimum atomic E-state index is -3.71. The Balaban J connectivity index is 1.06. The van der Waals surface area contributed by atoms with Crippen molar-refractivity contribution in [1.82, 2.24) is 20.2 Å². The molecule has 2 aliphatic heterocycles. The van der Waals surface area contributed by atoms with Gasteiger partial charge in [-0.2, -0.15) is 0 Å². The van der Waals surface area contributed by atoms with Gasteiger partial charge in [0.15, 0.2) is 5.13 Å². The molecule has 2 aromatic carbocycles. The van der Waals surface area contributed by atoms with Gasteiger partial charge in [-0.15, -0.1) is 0 Å². The van der Waals surface area contributed by atoms with Crippen molar-refractivity contribution < 1.29 is 17.7 Å². The standard InChI is InChI=1S/C31H33Cl2N5O4S2/c1-16(2)44(40,41)37-30(39)18-8-11-25-26(12-18)43-31(35-25)38-20-9-10-21(38)14-19(13-20)34-15-22-28(36-42-29(22)17-6-7-17)27-23(32)4-3-5-24(27)33/h3-5,8,11-12,16-17,19-21,34H,6-7,9-10,13-15H2,1-2H3,(H,37,39).